The van der Waals surface area contributed by atoms with E-state index in [0.29, 0.717) is 5.56 Å². The molecule has 0 spiro atoms. The number of aryl methyl sites for hydroxylation is 1. The van der Waals surface area contributed by atoms with Crippen LogP contribution in [0.25, 0.3) is 4.85 Å². The average Bonchev–Trinajstić information content (AvgIpc) is 3.04. The Kier molecular flexibility index (Phi) is 6.61. The number of benzene rings is 1. The van der Waals surface area contributed by atoms with E-state index in [1.807, 2.05) is 33.2 Å². The van der Waals surface area contributed by atoms with Gasteiger partial charge in [0.25, 0.3) is 0 Å². The van der Waals surface area contributed by atoms with Crippen LogP contribution < -0.4 is 0 Å². The first-order valence-electron chi connectivity index (χ1n) is 8.70. The van der Waals surface area contributed by atoms with Crippen LogP contribution in [0.5, 0.6) is 0 Å². The van der Waals surface area contributed by atoms with Crippen LogP contribution in [0.2, 0.25) is 5.02 Å². The molecule has 0 saturated heterocycles. The monoisotopic (exact) mass is 391 g/mol. The molecular weight excluding hydrogens is 369 g/mol. The van der Waals surface area contributed by atoms with Crippen LogP contribution in [0, 0.1) is 18.3 Å². The van der Waals surface area contributed by atoms with Gasteiger partial charge in [0, 0.05) is 30.1 Å². The Hall–Kier alpha value is -2.39. The Bertz CT molecular complexity index is 871. The molecule has 0 aliphatic heterocycles. The summed E-state index contributed by atoms with van der Waals surface area (Å²) in [5, 5.41) is 4.67. The van der Waals surface area contributed by atoms with E-state index in [2.05, 4.69) is 9.94 Å². The maximum absolute atomic E-state index is 14.5. The number of aromatic nitrogens is 2. The van der Waals surface area contributed by atoms with Crippen molar-refractivity contribution in [2.75, 3.05) is 6.61 Å². The van der Waals surface area contributed by atoms with Crippen molar-refractivity contribution < 1.29 is 13.9 Å². The van der Waals surface area contributed by atoms with Gasteiger partial charge in [-0.25, -0.2) is 9.24 Å². The fourth-order valence-corrected chi connectivity index (χ4v) is 3.29. The summed E-state index contributed by atoms with van der Waals surface area (Å²) in [6.07, 6.45) is 2.23. The largest absolute Gasteiger partial charge is 0.466 e. The summed E-state index contributed by atoms with van der Waals surface area (Å²) in [6, 6.07) is 4.50. The van der Waals surface area contributed by atoms with Crippen LogP contribution >= 0.6 is 11.6 Å². The highest BCUT2D eigenvalue weighted by atomic mass is 35.5. The average molecular weight is 392 g/mol. The summed E-state index contributed by atoms with van der Waals surface area (Å²) >= 11 is 6.09. The molecule has 5 nitrogen and oxygen atoms in total. The lowest BCUT2D eigenvalue weighted by Gasteiger charge is -2.33. The number of carbonyl (C=O) groups excluding carboxylic acids is 1. The van der Waals surface area contributed by atoms with E-state index in [0.717, 1.165) is 11.8 Å². The quantitative estimate of drug-likeness (QED) is 0.500. The lowest BCUT2D eigenvalue weighted by Crippen LogP contribution is -2.33. The van der Waals surface area contributed by atoms with Gasteiger partial charge < -0.3 is 4.74 Å². The van der Waals surface area contributed by atoms with Gasteiger partial charge in [0.1, 0.15) is 5.82 Å². The standard InChI is InChI=1S/C20H23ClFN3O2/c1-6-27-19(26)11-14(20(2,3)18-7-8-25(5)24-18)9-13-10-15(21)17(23-4)12-16(13)22/h7-8,10,12,14H,6,9,11H2,1-3,5H3. The fourth-order valence-electron chi connectivity index (χ4n) is 3.06. The summed E-state index contributed by atoms with van der Waals surface area (Å²) in [5.74, 6) is -1.11. The van der Waals surface area contributed by atoms with Crippen LogP contribution in [0.4, 0.5) is 10.1 Å². The maximum atomic E-state index is 14.5. The van der Waals surface area contributed by atoms with Crippen LogP contribution in [0.1, 0.15) is 38.4 Å². The molecule has 0 bridgehead atoms. The van der Waals surface area contributed by atoms with E-state index in [4.69, 9.17) is 22.9 Å². The predicted molar refractivity (Wildman–Crippen MR) is 102 cm³/mol. The van der Waals surface area contributed by atoms with Gasteiger partial charge >= 0.3 is 5.97 Å². The minimum absolute atomic E-state index is 0.0730. The van der Waals surface area contributed by atoms with Crippen molar-refractivity contribution in [2.24, 2.45) is 13.0 Å². The third-order valence-electron chi connectivity index (χ3n) is 4.82. The van der Waals surface area contributed by atoms with E-state index >= 15 is 0 Å². The predicted octanol–water partition coefficient (Wildman–Crippen LogP) is 4.85. The van der Waals surface area contributed by atoms with Gasteiger partial charge in [0.15, 0.2) is 0 Å². The minimum Gasteiger partial charge on any atom is -0.466 e. The molecule has 2 rings (SSSR count). The van der Waals surface area contributed by atoms with Crippen molar-refractivity contribution in [3.05, 3.63) is 57.9 Å². The SMILES string of the molecule is [C-]#[N+]c1cc(F)c(CC(CC(=O)OCC)C(C)(C)c2ccn(C)n2)cc1Cl. The van der Waals surface area contributed by atoms with Gasteiger partial charge in [-0.3, -0.25) is 9.48 Å². The highest BCUT2D eigenvalue weighted by Gasteiger charge is 2.36. The molecule has 0 fully saturated rings. The van der Waals surface area contributed by atoms with E-state index < -0.39 is 11.2 Å². The lowest BCUT2D eigenvalue weighted by molar-refractivity contribution is -0.144. The molecule has 0 aliphatic rings. The zero-order valence-corrected chi connectivity index (χ0v) is 16.7. The molecule has 0 radical (unpaired) electrons. The lowest BCUT2D eigenvalue weighted by atomic mass is 9.71. The first-order chi connectivity index (χ1) is 12.7. The van der Waals surface area contributed by atoms with Crippen molar-refractivity contribution in [1.29, 1.82) is 0 Å². The second kappa shape index (κ2) is 8.53. The number of rotatable bonds is 7. The molecule has 1 aromatic carbocycles. The Morgan fingerprint density at radius 1 is 1.48 bits per heavy atom. The van der Waals surface area contributed by atoms with E-state index in [1.165, 1.54) is 6.07 Å². The van der Waals surface area contributed by atoms with Gasteiger partial charge in [0.05, 0.1) is 18.9 Å². The summed E-state index contributed by atoms with van der Waals surface area (Å²) < 4.78 is 21.3. The summed E-state index contributed by atoms with van der Waals surface area (Å²) in [5.41, 5.74) is 0.740. The molecular formula is C20H23ClFN3O2. The summed E-state index contributed by atoms with van der Waals surface area (Å²) in [7, 11) is 1.82. The molecule has 0 saturated carbocycles. The van der Waals surface area contributed by atoms with E-state index in [-0.39, 0.29) is 42.0 Å². The molecule has 1 aromatic heterocycles. The van der Waals surface area contributed by atoms with Gasteiger partial charge in [-0.05, 0) is 43.0 Å². The van der Waals surface area contributed by atoms with Crippen LogP contribution in [0.3, 0.4) is 0 Å². The molecule has 1 atom stereocenters. The molecule has 1 heterocycles. The van der Waals surface area contributed by atoms with Crippen molar-refractivity contribution >= 4 is 23.3 Å². The molecule has 144 valence electrons. The first kappa shape index (κ1) is 20.9. The number of hydrogen-bond donors (Lipinski definition) is 0. The number of hydrogen-bond acceptors (Lipinski definition) is 3. The highest BCUT2D eigenvalue weighted by molar-refractivity contribution is 6.33. The van der Waals surface area contributed by atoms with Gasteiger partial charge in [0.2, 0.25) is 5.69 Å². The Morgan fingerprint density at radius 2 is 2.19 bits per heavy atom. The normalized spacial score (nSPS) is 12.5. The van der Waals surface area contributed by atoms with Gasteiger partial charge in [-0.15, -0.1) is 0 Å². The van der Waals surface area contributed by atoms with E-state index in [9.17, 15) is 9.18 Å². The topological polar surface area (TPSA) is 48.5 Å². The Balaban J connectivity index is 2.40. The Morgan fingerprint density at radius 3 is 2.74 bits per heavy atom. The van der Waals surface area contributed by atoms with Gasteiger partial charge in [-0.1, -0.05) is 25.4 Å². The van der Waals surface area contributed by atoms with Crippen molar-refractivity contribution in [3.63, 3.8) is 0 Å². The third kappa shape index (κ3) is 4.86. The van der Waals surface area contributed by atoms with Crippen molar-refractivity contribution in [2.45, 2.75) is 39.0 Å². The Labute approximate surface area is 163 Å². The van der Waals surface area contributed by atoms with E-state index in [1.54, 1.807) is 11.6 Å². The van der Waals surface area contributed by atoms with Crippen LogP contribution in [0.15, 0.2) is 24.4 Å². The number of ether oxygens (including phenoxy) is 1. The van der Waals surface area contributed by atoms with Crippen LogP contribution in [-0.4, -0.2) is 22.4 Å². The van der Waals surface area contributed by atoms with Crippen molar-refractivity contribution in [3.8, 4) is 0 Å². The second-order valence-corrected chi connectivity index (χ2v) is 7.42. The highest BCUT2D eigenvalue weighted by Crippen LogP contribution is 2.37. The zero-order valence-electron chi connectivity index (χ0n) is 15.9. The molecule has 0 aliphatic carbocycles. The minimum atomic E-state index is -0.509. The fraction of sp³-hybridized carbons (Fsp3) is 0.450. The third-order valence-corrected chi connectivity index (χ3v) is 5.12. The summed E-state index contributed by atoms with van der Waals surface area (Å²) in [6.45, 7) is 13.0. The number of esters is 1. The molecule has 1 unspecified atom stereocenters. The zero-order chi connectivity index (χ0) is 20.2. The molecule has 27 heavy (non-hydrogen) atoms. The molecule has 2 aromatic rings. The molecule has 0 N–H and O–H groups in total. The second-order valence-electron chi connectivity index (χ2n) is 7.01. The van der Waals surface area contributed by atoms with Gasteiger partial charge in [-0.2, -0.15) is 5.10 Å². The molecule has 0 amide bonds. The number of carbonyl (C=O) groups is 1. The first-order valence-corrected chi connectivity index (χ1v) is 9.08. The summed E-state index contributed by atoms with van der Waals surface area (Å²) in [4.78, 5) is 15.4. The van der Waals surface area contributed by atoms with Crippen LogP contribution in [-0.2, 0) is 28.4 Å². The van der Waals surface area contributed by atoms with Crippen molar-refractivity contribution in [1.82, 2.24) is 9.78 Å². The number of halogens is 2. The smallest absolute Gasteiger partial charge is 0.306 e. The maximum Gasteiger partial charge on any atom is 0.306 e. The molecule has 7 heteroatoms. The number of nitrogens with zero attached hydrogens (tertiary/aromatic N) is 3.